The number of likely N-dealkylation sites (N-methyl/N-ethyl adjacent to an activating group) is 1. The molecule has 4 rings (SSSR count). The molecule has 0 radical (unpaired) electrons. The van der Waals surface area contributed by atoms with E-state index in [9.17, 15) is 0 Å². The van der Waals surface area contributed by atoms with Crippen molar-refractivity contribution in [1.82, 2.24) is 19.4 Å². The second-order valence-electron chi connectivity index (χ2n) is 6.87. The highest BCUT2D eigenvalue weighted by atomic mass is 16.5. The SMILES string of the molecule is CCN1CCC(n2c(CC3CCCOC3)nc3cccnc32)C1. The molecule has 124 valence electrons. The van der Waals surface area contributed by atoms with Crippen molar-refractivity contribution in [3.63, 3.8) is 0 Å². The van der Waals surface area contributed by atoms with Crippen LogP contribution in [-0.2, 0) is 11.2 Å². The standard InChI is InChI=1S/C18H26N4O/c1-2-21-9-7-15(12-21)22-17(11-14-5-4-10-23-13-14)20-16-6-3-8-19-18(16)22/h3,6,8,14-15H,2,4-5,7,9-13H2,1H3. The number of fused-ring (bicyclic) bond motifs is 1. The fourth-order valence-corrected chi connectivity index (χ4v) is 4.04. The van der Waals surface area contributed by atoms with Crippen LogP contribution in [0.4, 0.5) is 0 Å². The van der Waals surface area contributed by atoms with Crippen molar-refractivity contribution >= 4 is 11.2 Å². The van der Waals surface area contributed by atoms with Gasteiger partial charge < -0.3 is 14.2 Å². The van der Waals surface area contributed by atoms with Gasteiger partial charge in [0.05, 0.1) is 6.04 Å². The van der Waals surface area contributed by atoms with Crippen molar-refractivity contribution in [2.45, 2.75) is 38.6 Å². The molecule has 0 amide bonds. The number of aromatic nitrogens is 3. The first-order chi connectivity index (χ1) is 11.3. The Kier molecular flexibility index (Phi) is 4.31. The fraction of sp³-hybridized carbons (Fsp3) is 0.667. The van der Waals surface area contributed by atoms with E-state index in [4.69, 9.17) is 9.72 Å². The maximum absolute atomic E-state index is 5.67. The van der Waals surface area contributed by atoms with E-state index in [1.54, 1.807) is 0 Å². The van der Waals surface area contributed by atoms with E-state index >= 15 is 0 Å². The molecule has 2 saturated heterocycles. The van der Waals surface area contributed by atoms with E-state index in [0.29, 0.717) is 12.0 Å². The number of nitrogens with zero attached hydrogens (tertiary/aromatic N) is 4. The van der Waals surface area contributed by atoms with Crippen LogP contribution in [0.2, 0.25) is 0 Å². The number of hydrogen-bond donors (Lipinski definition) is 0. The molecule has 23 heavy (non-hydrogen) atoms. The Balaban J connectivity index is 1.66. The van der Waals surface area contributed by atoms with Crippen LogP contribution in [0.15, 0.2) is 18.3 Å². The van der Waals surface area contributed by atoms with Gasteiger partial charge in [0.1, 0.15) is 11.3 Å². The Bertz CT molecular complexity index is 662. The van der Waals surface area contributed by atoms with Gasteiger partial charge >= 0.3 is 0 Å². The molecule has 2 atom stereocenters. The van der Waals surface area contributed by atoms with Crippen molar-refractivity contribution in [1.29, 1.82) is 0 Å². The average Bonchev–Trinajstić information content (AvgIpc) is 3.19. The summed E-state index contributed by atoms with van der Waals surface area (Å²) in [5, 5.41) is 0. The third kappa shape index (κ3) is 3.00. The highest BCUT2D eigenvalue weighted by molar-refractivity contribution is 5.71. The van der Waals surface area contributed by atoms with Gasteiger partial charge in [-0.1, -0.05) is 6.92 Å². The molecule has 4 heterocycles. The summed E-state index contributed by atoms with van der Waals surface area (Å²) in [6.45, 7) is 7.46. The van der Waals surface area contributed by atoms with Gasteiger partial charge in [-0.05, 0) is 43.9 Å². The Morgan fingerprint density at radius 1 is 1.35 bits per heavy atom. The molecule has 0 saturated carbocycles. The normalized spacial score (nSPS) is 26.1. The first kappa shape index (κ1) is 15.1. The summed E-state index contributed by atoms with van der Waals surface area (Å²) in [6.07, 6.45) is 6.53. The minimum Gasteiger partial charge on any atom is -0.381 e. The molecular weight excluding hydrogens is 288 g/mol. The van der Waals surface area contributed by atoms with Gasteiger partial charge in [0, 0.05) is 38.9 Å². The van der Waals surface area contributed by atoms with Crippen molar-refractivity contribution < 1.29 is 4.74 Å². The third-order valence-electron chi connectivity index (χ3n) is 5.31. The summed E-state index contributed by atoms with van der Waals surface area (Å²) in [4.78, 5) is 12.1. The zero-order valence-corrected chi connectivity index (χ0v) is 13.9. The van der Waals surface area contributed by atoms with E-state index in [2.05, 4.69) is 27.4 Å². The first-order valence-corrected chi connectivity index (χ1v) is 8.97. The highest BCUT2D eigenvalue weighted by Crippen LogP contribution is 2.29. The van der Waals surface area contributed by atoms with Crippen molar-refractivity contribution in [2.24, 2.45) is 5.92 Å². The molecule has 0 N–H and O–H groups in total. The lowest BCUT2D eigenvalue weighted by atomic mass is 9.98. The Labute approximate surface area is 137 Å². The number of rotatable bonds is 4. The largest absolute Gasteiger partial charge is 0.381 e. The molecule has 2 unspecified atom stereocenters. The summed E-state index contributed by atoms with van der Waals surface area (Å²) in [7, 11) is 0. The molecule has 2 fully saturated rings. The van der Waals surface area contributed by atoms with Gasteiger partial charge in [0.15, 0.2) is 5.65 Å². The molecule has 0 spiro atoms. The highest BCUT2D eigenvalue weighted by Gasteiger charge is 2.28. The van der Waals surface area contributed by atoms with E-state index in [0.717, 1.165) is 43.9 Å². The van der Waals surface area contributed by atoms with Gasteiger partial charge in [0.2, 0.25) is 0 Å². The van der Waals surface area contributed by atoms with Crippen molar-refractivity contribution in [3.8, 4) is 0 Å². The van der Waals surface area contributed by atoms with Crippen LogP contribution in [0, 0.1) is 5.92 Å². The molecule has 0 aliphatic carbocycles. The molecule has 5 heteroatoms. The number of pyridine rings is 1. The van der Waals surface area contributed by atoms with Crippen molar-refractivity contribution in [2.75, 3.05) is 32.8 Å². The second-order valence-corrected chi connectivity index (χ2v) is 6.87. The maximum Gasteiger partial charge on any atom is 0.160 e. The lowest BCUT2D eigenvalue weighted by Crippen LogP contribution is -2.24. The predicted molar refractivity (Wildman–Crippen MR) is 90.5 cm³/mol. The van der Waals surface area contributed by atoms with E-state index in [1.807, 2.05) is 12.3 Å². The van der Waals surface area contributed by atoms with Crippen LogP contribution in [0.5, 0.6) is 0 Å². The van der Waals surface area contributed by atoms with Gasteiger partial charge in [-0.15, -0.1) is 0 Å². The summed E-state index contributed by atoms with van der Waals surface area (Å²) >= 11 is 0. The Hall–Kier alpha value is -1.46. The monoisotopic (exact) mass is 314 g/mol. The number of imidazole rings is 1. The Morgan fingerprint density at radius 2 is 2.30 bits per heavy atom. The molecule has 2 aromatic heterocycles. The topological polar surface area (TPSA) is 43.2 Å². The molecule has 0 aromatic carbocycles. The fourth-order valence-electron chi connectivity index (χ4n) is 4.04. The molecule has 5 nitrogen and oxygen atoms in total. The van der Waals surface area contributed by atoms with E-state index in [1.165, 1.54) is 31.6 Å². The minimum atomic E-state index is 0.509. The number of hydrogen-bond acceptors (Lipinski definition) is 4. The molecule has 0 bridgehead atoms. The molecule has 2 aliphatic heterocycles. The van der Waals surface area contributed by atoms with Crippen LogP contribution in [-0.4, -0.2) is 52.3 Å². The lowest BCUT2D eigenvalue weighted by Gasteiger charge is -2.23. The van der Waals surface area contributed by atoms with Crippen LogP contribution >= 0.6 is 0 Å². The summed E-state index contributed by atoms with van der Waals surface area (Å²) in [5.74, 6) is 1.81. The predicted octanol–water partition coefficient (Wildman–Crippen LogP) is 2.67. The van der Waals surface area contributed by atoms with Crippen LogP contribution in [0.25, 0.3) is 11.2 Å². The molecule has 2 aromatic rings. The van der Waals surface area contributed by atoms with Gasteiger partial charge in [-0.25, -0.2) is 9.97 Å². The third-order valence-corrected chi connectivity index (χ3v) is 5.31. The minimum absolute atomic E-state index is 0.509. The number of ether oxygens (including phenoxy) is 1. The quantitative estimate of drug-likeness (QED) is 0.870. The zero-order valence-electron chi connectivity index (χ0n) is 13.9. The smallest absolute Gasteiger partial charge is 0.160 e. The molecule has 2 aliphatic rings. The maximum atomic E-state index is 5.67. The first-order valence-electron chi connectivity index (χ1n) is 8.97. The number of likely N-dealkylation sites (tertiary alicyclic amines) is 1. The zero-order chi connectivity index (χ0) is 15.6. The van der Waals surface area contributed by atoms with E-state index < -0.39 is 0 Å². The van der Waals surface area contributed by atoms with E-state index in [-0.39, 0.29) is 0 Å². The summed E-state index contributed by atoms with van der Waals surface area (Å²) in [5.41, 5.74) is 2.09. The van der Waals surface area contributed by atoms with Crippen LogP contribution in [0.1, 0.15) is 38.1 Å². The molecular formula is C18H26N4O. The average molecular weight is 314 g/mol. The summed E-state index contributed by atoms with van der Waals surface area (Å²) < 4.78 is 8.10. The Morgan fingerprint density at radius 3 is 3.09 bits per heavy atom. The second kappa shape index (κ2) is 6.57. The van der Waals surface area contributed by atoms with Gasteiger partial charge in [-0.2, -0.15) is 0 Å². The van der Waals surface area contributed by atoms with Crippen molar-refractivity contribution in [3.05, 3.63) is 24.2 Å². The van der Waals surface area contributed by atoms with Crippen LogP contribution in [0.3, 0.4) is 0 Å². The van der Waals surface area contributed by atoms with Gasteiger partial charge in [-0.3, -0.25) is 0 Å². The van der Waals surface area contributed by atoms with Crippen LogP contribution < -0.4 is 0 Å². The van der Waals surface area contributed by atoms with Gasteiger partial charge in [0.25, 0.3) is 0 Å². The summed E-state index contributed by atoms with van der Waals surface area (Å²) in [6, 6.07) is 4.58. The lowest BCUT2D eigenvalue weighted by molar-refractivity contribution is 0.0539.